The van der Waals surface area contributed by atoms with Crippen LogP contribution in [0.15, 0.2) is 47.3 Å². The highest BCUT2D eigenvalue weighted by Crippen LogP contribution is 2.31. The third kappa shape index (κ3) is 3.40. The molecule has 6 heteroatoms. The molecule has 0 bridgehead atoms. The Labute approximate surface area is 170 Å². The third-order valence-electron chi connectivity index (χ3n) is 5.84. The first kappa shape index (κ1) is 19.0. The quantitative estimate of drug-likeness (QED) is 0.735. The number of rotatable bonds is 3. The predicted octanol–water partition coefficient (Wildman–Crippen LogP) is 3.45. The topological polar surface area (TPSA) is 58.4 Å². The van der Waals surface area contributed by atoms with Gasteiger partial charge in [0.25, 0.3) is 0 Å². The number of nitrogens with zero attached hydrogens (tertiary/aromatic N) is 2. The molecule has 0 spiro atoms. The Morgan fingerprint density at radius 2 is 2.14 bits per heavy atom. The van der Waals surface area contributed by atoms with Crippen LogP contribution in [-0.2, 0) is 24.1 Å². The lowest BCUT2D eigenvalue weighted by Crippen LogP contribution is -2.49. The molecule has 1 atom stereocenters. The van der Waals surface area contributed by atoms with Crippen LogP contribution in [0.1, 0.15) is 34.7 Å². The number of aromatic nitrogens is 1. The lowest BCUT2D eigenvalue weighted by Gasteiger charge is -2.36. The second-order valence-electron chi connectivity index (χ2n) is 7.50. The second-order valence-corrected chi connectivity index (χ2v) is 7.50. The van der Waals surface area contributed by atoms with Gasteiger partial charge in [-0.15, -0.1) is 12.4 Å². The normalized spacial score (nSPS) is 18.7. The highest BCUT2D eigenvalue weighted by Gasteiger charge is 2.28. The molecular weight excluding hydrogens is 374 g/mol. The van der Waals surface area contributed by atoms with E-state index < -0.39 is 0 Å². The number of amides is 1. The van der Waals surface area contributed by atoms with Crippen LogP contribution in [0.2, 0.25) is 0 Å². The van der Waals surface area contributed by atoms with Gasteiger partial charge in [0.2, 0.25) is 5.91 Å². The van der Waals surface area contributed by atoms with Crippen LogP contribution in [0.4, 0.5) is 0 Å². The van der Waals surface area contributed by atoms with Gasteiger partial charge < -0.3 is 14.6 Å². The van der Waals surface area contributed by atoms with Crippen LogP contribution in [0.25, 0.3) is 11.0 Å². The summed E-state index contributed by atoms with van der Waals surface area (Å²) in [4.78, 5) is 19.4. The summed E-state index contributed by atoms with van der Waals surface area (Å²) in [6.07, 6.45) is 9.24. The summed E-state index contributed by atoms with van der Waals surface area (Å²) in [5.41, 5.74) is 5.78. The zero-order chi connectivity index (χ0) is 18.2. The fourth-order valence-electron chi connectivity index (χ4n) is 4.42. The molecule has 1 N–H and O–H groups in total. The molecule has 1 fully saturated rings. The highest BCUT2D eigenvalue weighted by atomic mass is 35.5. The van der Waals surface area contributed by atoms with Crippen LogP contribution in [0.5, 0.6) is 0 Å². The molecule has 1 aromatic carbocycles. The first-order valence-electron chi connectivity index (χ1n) is 9.71. The van der Waals surface area contributed by atoms with Crippen LogP contribution in [0.3, 0.4) is 0 Å². The number of hydrogen-bond acceptors (Lipinski definition) is 4. The zero-order valence-corrected chi connectivity index (χ0v) is 16.5. The molecule has 146 valence electrons. The lowest BCUT2D eigenvalue weighted by atomic mass is 10.0. The van der Waals surface area contributed by atoms with Crippen molar-refractivity contribution in [1.29, 1.82) is 0 Å². The average Bonchev–Trinajstić information content (AvgIpc) is 3.33. The molecule has 1 aliphatic carbocycles. The summed E-state index contributed by atoms with van der Waals surface area (Å²) in [7, 11) is 0. The summed E-state index contributed by atoms with van der Waals surface area (Å²) in [5, 5.41) is 4.49. The molecule has 2 aliphatic rings. The molecule has 1 aliphatic heterocycles. The fraction of sp³-hybridized carbons (Fsp3) is 0.364. The van der Waals surface area contributed by atoms with Gasteiger partial charge in [-0.1, -0.05) is 6.07 Å². The van der Waals surface area contributed by atoms with E-state index in [1.165, 1.54) is 17.5 Å². The monoisotopic (exact) mass is 397 g/mol. The van der Waals surface area contributed by atoms with Crippen LogP contribution < -0.4 is 5.32 Å². The van der Waals surface area contributed by atoms with E-state index in [9.17, 15) is 4.79 Å². The number of nitrogens with one attached hydrogen (secondary N) is 1. The van der Waals surface area contributed by atoms with Gasteiger partial charge >= 0.3 is 0 Å². The Hall–Kier alpha value is -2.37. The molecule has 0 radical (unpaired) electrons. The molecule has 28 heavy (non-hydrogen) atoms. The number of carbonyl (C=O) groups is 1. The van der Waals surface area contributed by atoms with Gasteiger partial charge in [0.15, 0.2) is 0 Å². The minimum atomic E-state index is 0. The van der Waals surface area contributed by atoms with E-state index in [0.29, 0.717) is 13.0 Å². The molecule has 2 aromatic heterocycles. The number of halogens is 1. The maximum Gasteiger partial charge on any atom is 0.227 e. The second kappa shape index (κ2) is 7.94. The maximum absolute atomic E-state index is 13.2. The molecule has 3 aromatic rings. The van der Waals surface area contributed by atoms with Crippen molar-refractivity contribution in [2.45, 2.75) is 31.7 Å². The Kier molecular flexibility index (Phi) is 5.38. The largest absolute Gasteiger partial charge is 0.464 e. The minimum Gasteiger partial charge on any atom is -0.464 e. The Morgan fingerprint density at radius 3 is 2.96 bits per heavy atom. The first-order chi connectivity index (χ1) is 13.3. The van der Waals surface area contributed by atoms with Gasteiger partial charge in [0.05, 0.1) is 18.7 Å². The number of pyridine rings is 1. The predicted molar refractivity (Wildman–Crippen MR) is 111 cm³/mol. The molecule has 1 unspecified atom stereocenters. The fourth-order valence-corrected chi connectivity index (χ4v) is 4.42. The van der Waals surface area contributed by atoms with Crippen molar-refractivity contribution in [3.63, 3.8) is 0 Å². The summed E-state index contributed by atoms with van der Waals surface area (Å²) in [5.74, 6) is 0.147. The van der Waals surface area contributed by atoms with Crippen molar-refractivity contribution < 1.29 is 9.21 Å². The number of hydrogen-bond donors (Lipinski definition) is 1. The van der Waals surface area contributed by atoms with E-state index in [4.69, 9.17) is 4.42 Å². The van der Waals surface area contributed by atoms with Crippen molar-refractivity contribution in [3.05, 3.63) is 65.2 Å². The number of carbonyl (C=O) groups excluding carboxylic acids is 1. The van der Waals surface area contributed by atoms with Crippen molar-refractivity contribution >= 4 is 29.3 Å². The van der Waals surface area contributed by atoms with Gasteiger partial charge in [-0.05, 0) is 54.2 Å². The van der Waals surface area contributed by atoms with Crippen molar-refractivity contribution in [2.75, 3.05) is 19.6 Å². The highest BCUT2D eigenvalue weighted by molar-refractivity contribution is 5.89. The van der Waals surface area contributed by atoms with E-state index in [1.807, 2.05) is 23.2 Å². The number of fused-ring (bicyclic) bond motifs is 2. The molecule has 5 nitrogen and oxygen atoms in total. The first-order valence-corrected chi connectivity index (χ1v) is 9.71. The number of benzene rings is 1. The van der Waals surface area contributed by atoms with Crippen LogP contribution >= 0.6 is 12.4 Å². The van der Waals surface area contributed by atoms with Gasteiger partial charge in [0, 0.05) is 43.0 Å². The van der Waals surface area contributed by atoms with Crippen LogP contribution in [-0.4, -0.2) is 35.4 Å². The third-order valence-corrected chi connectivity index (χ3v) is 5.84. The zero-order valence-electron chi connectivity index (χ0n) is 15.7. The standard InChI is InChI=1S/C22H23N3O2.ClH/c26-22(25-8-7-24-13-20(25)17-5-2-6-23-12-17)11-18-14-27-21-10-16-4-1-3-15(16)9-19(18)21;/h2,5-6,9-10,12,14,20,24H,1,3-4,7-8,11,13H2;1H. The molecule has 3 heterocycles. The van der Waals surface area contributed by atoms with E-state index in [1.54, 1.807) is 12.5 Å². The molecule has 1 amide bonds. The summed E-state index contributed by atoms with van der Waals surface area (Å²) < 4.78 is 5.78. The van der Waals surface area contributed by atoms with Crippen LogP contribution in [0, 0.1) is 0 Å². The van der Waals surface area contributed by atoms with Crippen molar-refractivity contribution in [2.24, 2.45) is 0 Å². The summed E-state index contributed by atoms with van der Waals surface area (Å²) in [6.45, 7) is 2.29. The summed E-state index contributed by atoms with van der Waals surface area (Å²) in [6, 6.07) is 8.40. The number of aryl methyl sites for hydroxylation is 2. The SMILES string of the molecule is Cl.O=C(Cc1coc2cc3c(cc12)CCC3)N1CCNCC1c1cccnc1. The Balaban J connectivity index is 0.00000192. The average molecular weight is 398 g/mol. The molecule has 0 saturated carbocycles. The molecule has 5 rings (SSSR count). The minimum absolute atomic E-state index is 0. The maximum atomic E-state index is 13.2. The summed E-state index contributed by atoms with van der Waals surface area (Å²) >= 11 is 0. The van der Waals surface area contributed by atoms with Gasteiger partial charge in [-0.25, -0.2) is 0 Å². The lowest BCUT2D eigenvalue weighted by molar-refractivity contribution is -0.133. The number of furan rings is 1. The van der Waals surface area contributed by atoms with Gasteiger partial charge in [-0.3, -0.25) is 9.78 Å². The van der Waals surface area contributed by atoms with Gasteiger partial charge in [-0.2, -0.15) is 0 Å². The smallest absolute Gasteiger partial charge is 0.227 e. The van der Waals surface area contributed by atoms with Crippen molar-refractivity contribution in [3.8, 4) is 0 Å². The molecule has 1 saturated heterocycles. The number of piperazine rings is 1. The Bertz CT molecular complexity index is 986. The molecular formula is C22H24ClN3O2. The van der Waals surface area contributed by atoms with Gasteiger partial charge in [0.1, 0.15) is 5.58 Å². The van der Waals surface area contributed by atoms with E-state index >= 15 is 0 Å². The Morgan fingerprint density at radius 1 is 1.29 bits per heavy atom. The van der Waals surface area contributed by atoms with Crippen molar-refractivity contribution in [1.82, 2.24) is 15.2 Å². The van der Waals surface area contributed by atoms with E-state index in [-0.39, 0.29) is 24.4 Å². The van der Waals surface area contributed by atoms with E-state index in [2.05, 4.69) is 22.4 Å². The van der Waals surface area contributed by atoms with E-state index in [0.717, 1.165) is 48.0 Å².